The fourth-order valence-corrected chi connectivity index (χ4v) is 4.14. The SMILES string of the molecule is BrCC1(COCC2CCCCC2)CCCCC1. The van der Waals surface area contributed by atoms with Gasteiger partial charge in [0, 0.05) is 17.4 Å². The molecule has 2 aliphatic rings. The molecule has 2 saturated carbocycles. The molecule has 17 heavy (non-hydrogen) atoms. The van der Waals surface area contributed by atoms with Gasteiger partial charge in [0.2, 0.25) is 0 Å². The second-order valence-corrected chi connectivity index (χ2v) is 6.77. The predicted octanol–water partition coefficient (Wildman–Crippen LogP) is 4.93. The zero-order chi connectivity index (χ0) is 12.0. The van der Waals surface area contributed by atoms with Gasteiger partial charge in [0.15, 0.2) is 0 Å². The molecule has 0 atom stereocenters. The van der Waals surface area contributed by atoms with Gasteiger partial charge in [0.25, 0.3) is 0 Å². The second kappa shape index (κ2) is 7.13. The third-order valence-corrected chi connectivity index (χ3v) is 5.87. The Balaban J connectivity index is 1.68. The van der Waals surface area contributed by atoms with Crippen molar-refractivity contribution < 1.29 is 4.74 Å². The Bertz CT molecular complexity index is 205. The highest BCUT2D eigenvalue weighted by Crippen LogP contribution is 2.38. The van der Waals surface area contributed by atoms with E-state index >= 15 is 0 Å². The fourth-order valence-electron chi connectivity index (χ4n) is 3.41. The van der Waals surface area contributed by atoms with Crippen LogP contribution in [0.25, 0.3) is 0 Å². The van der Waals surface area contributed by atoms with E-state index in [-0.39, 0.29) is 0 Å². The number of hydrogen-bond donors (Lipinski definition) is 0. The largest absolute Gasteiger partial charge is 0.381 e. The first-order valence-corrected chi connectivity index (χ1v) is 8.61. The molecule has 0 heterocycles. The van der Waals surface area contributed by atoms with E-state index in [0.29, 0.717) is 5.41 Å². The molecule has 0 aromatic heterocycles. The minimum Gasteiger partial charge on any atom is -0.381 e. The quantitative estimate of drug-likeness (QED) is 0.654. The third-order valence-electron chi connectivity index (χ3n) is 4.68. The normalized spacial score (nSPS) is 25.9. The van der Waals surface area contributed by atoms with Crippen LogP contribution in [0.1, 0.15) is 64.2 Å². The Morgan fingerprint density at radius 3 is 2.24 bits per heavy atom. The van der Waals surface area contributed by atoms with Crippen LogP contribution in [-0.4, -0.2) is 18.5 Å². The third kappa shape index (κ3) is 4.24. The van der Waals surface area contributed by atoms with Crippen LogP contribution < -0.4 is 0 Å². The van der Waals surface area contributed by atoms with Crippen LogP contribution in [0.2, 0.25) is 0 Å². The predicted molar refractivity (Wildman–Crippen MR) is 76.7 cm³/mol. The fraction of sp³-hybridized carbons (Fsp3) is 1.00. The molecule has 100 valence electrons. The summed E-state index contributed by atoms with van der Waals surface area (Å²) < 4.78 is 6.08. The van der Waals surface area contributed by atoms with Gasteiger partial charge in [-0.05, 0) is 31.6 Å². The molecule has 2 fully saturated rings. The summed E-state index contributed by atoms with van der Waals surface area (Å²) in [4.78, 5) is 0. The van der Waals surface area contributed by atoms with Crippen LogP contribution in [0.4, 0.5) is 0 Å². The zero-order valence-corrected chi connectivity index (χ0v) is 12.6. The van der Waals surface area contributed by atoms with Crippen molar-refractivity contribution in [2.24, 2.45) is 11.3 Å². The van der Waals surface area contributed by atoms with Crippen LogP contribution in [-0.2, 0) is 4.74 Å². The Hall–Kier alpha value is 0.440. The summed E-state index contributed by atoms with van der Waals surface area (Å²) in [6.07, 6.45) is 14.1. The summed E-state index contributed by atoms with van der Waals surface area (Å²) in [5.41, 5.74) is 0.465. The van der Waals surface area contributed by atoms with Crippen molar-refractivity contribution >= 4 is 15.9 Å². The highest BCUT2D eigenvalue weighted by molar-refractivity contribution is 9.09. The Morgan fingerprint density at radius 1 is 0.941 bits per heavy atom. The molecular weight excluding hydrogens is 276 g/mol. The van der Waals surface area contributed by atoms with Crippen molar-refractivity contribution in [1.29, 1.82) is 0 Å². The average molecular weight is 303 g/mol. The van der Waals surface area contributed by atoms with Gasteiger partial charge in [0.1, 0.15) is 0 Å². The lowest BCUT2D eigenvalue weighted by atomic mass is 9.76. The van der Waals surface area contributed by atoms with E-state index in [1.807, 2.05) is 0 Å². The molecule has 0 spiro atoms. The maximum absolute atomic E-state index is 6.08. The maximum Gasteiger partial charge on any atom is 0.0530 e. The standard InChI is InChI=1S/C15H27BrO/c16-12-15(9-5-2-6-10-15)13-17-11-14-7-3-1-4-8-14/h14H,1-13H2. The van der Waals surface area contributed by atoms with Crippen molar-refractivity contribution in [3.8, 4) is 0 Å². The van der Waals surface area contributed by atoms with E-state index in [1.165, 1.54) is 64.2 Å². The van der Waals surface area contributed by atoms with Gasteiger partial charge in [-0.15, -0.1) is 0 Å². The van der Waals surface area contributed by atoms with E-state index in [0.717, 1.165) is 24.5 Å². The summed E-state index contributed by atoms with van der Waals surface area (Å²) in [5.74, 6) is 0.861. The molecule has 0 N–H and O–H groups in total. The summed E-state index contributed by atoms with van der Waals surface area (Å²) in [5, 5.41) is 1.13. The summed E-state index contributed by atoms with van der Waals surface area (Å²) in [7, 11) is 0. The number of ether oxygens (including phenoxy) is 1. The first-order chi connectivity index (χ1) is 8.35. The molecule has 0 bridgehead atoms. The summed E-state index contributed by atoms with van der Waals surface area (Å²) in [6.45, 7) is 2.02. The lowest BCUT2D eigenvalue weighted by molar-refractivity contribution is 0.0117. The number of alkyl halides is 1. The van der Waals surface area contributed by atoms with Gasteiger partial charge in [-0.2, -0.15) is 0 Å². The lowest BCUT2D eigenvalue weighted by Gasteiger charge is -2.36. The second-order valence-electron chi connectivity index (χ2n) is 6.21. The zero-order valence-electron chi connectivity index (χ0n) is 11.1. The maximum atomic E-state index is 6.08. The van der Waals surface area contributed by atoms with Crippen LogP contribution >= 0.6 is 15.9 Å². The smallest absolute Gasteiger partial charge is 0.0530 e. The topological polar surface area (TPSA) is 9.23 Å². The van der Waals surface area contributed by atoms with Gasteiger partial charge >= 0.3 is 0 Å². The lowest BCUT2D eigenvalue weighted by Crippen LogP contribution is -2.32. The van der Waals surface area contributed by atoms with E-state index in [1.54, 1.807) is 0 Å². The van der Waals surface area contributed by atoms with Crippen LogP contribution in [0.15, 0.2) is 0 Å². The highest BCUT2D eigenvalue weighted by atomic mass is 79.9. The van der Waals surface area contributed by atoms with Gasteiger partial charge in [-0.3, -0.25) is 0 Å². The summed E-state index contributed by atoms with van der Waals surface area (Å²) in [6, 6.07) is 0. The van der Waals surface area contributed by atoms with Crippen molar-refractivity contribution in [3.63, 3.8) is 0 Å². The molecule has 0 radical (unpaired) electrons. The minimum absolute atomic E-state index is 0.465. The van der Waals surface area contributed by atoms with Crippen molar-refractivity contribution in [2.75, 3.05) is 18.5 Å². The molecule has 1 nitrogen and oxygen atoms in total. The Kier molecular flexibility index (Phi) is 5.82. The molecule has 0 unspecified atom stereocenters. The first kappa shape index (κ1) is 13.9. The van der Waals surface area contributed by atoms with E-state index in [9.17, 15) is 0 Å². The van der Waals surface area contributed by atoms with Gasteiger partial charge in [-0.25, -0.2) is 0 Å². The van der Waals surface area contributed by atoms with Crippen LogP contribution in [0.3, 0.4) is 0 Å². The highest BCUT2D eigenvalue weighted by Gasteiger charge is 2.31. The molecular formula is C15H27BrO. The van der Waals surface area contributed by atoms with Gasteiger partial charge in [0.05, 0.1) is 6.61 Å². The summed E-state index contributed by atoms with van der Waals surface area (Å²) >= 11 is 3.71. The van der Waals surface area contributed by atoms with Crippen molar-refractivity contribution in [3.05, 3.63) is 0 Å². The van der Waals surface area contributed by atoms with E-state index in [2.05, 4.69) is 15.9 Å². The van der Waals surface area contributed by atoms with Crippen LogP contribution in [0, 0.1) is 11.3 Å². The molecule has 2 heteroatoms. The molecule has 0 amide bonds. The molecule has 0 saturated heterocycles. The van der Waals surface area contributed by atoms with E-state index < -0.39 is 0 Å². The first-order valence-electron chi connectivity index (χ1n) is 7.48. The molecule has 0 aromatic carbocycles. The van der Waals surface area contributed by atoms with Crippen molar-refractivity contribution in [2.45, 2.75) is 64.2 Å². The Labute approximate surface area is 115 Å². The average Bonchev–Trinajstić information content (AvgIpc) is 2.41. The minimum atomic E-state index is 0.465. The van der Waals surface area contributed by atoms with E-state index in [4.69, 9.17) is 4.74 Å². The van der Waals surface area contributed by atoms with Crippen LogP contribution in [0.5, 0.6) is 0 Å². The number of halogens is 1. The monoisotopic (exact) mass is 302 g/mol. The van der Waals surface area contributed by atoms with Gasteiger partial charge < -0.3 is 4.74 Å². The molecule has 0 aromatic rings. The Morgan fingerprint density at radius 2 is 1.59 bits per heavy atom. The number of rotatable bonds is 5. The van der Waals surface area contributed by atoms with Crippen molar-refractivity contribution in [1.82, 2.24) is 0 Å². The molecule has 0 aliphatic heterocycles. The number of hydrogen-bond acceptors (Lipinski definition) is 1. The van der Waals surface area contributed by atoms with Gasteiger partial charge in [-0.1, -0.05) is 54.5 Å². The molecule has 2 rings (SSSR count). The molecule has 2 aliphatic carbocycles.